The van der Waals surface area contributed by atoms with Crippen LogP contribution >= 0.6 is 12.2 Å². The highest BCUT2D eigenvalue weighted by molar-refractivity contribution is 7.80. The Morgan fingerprint density at radius 1 is 1.32 bits per heavy atom. The molecule has 0 bridgehead atoms. The summed E-state index contributed by atoms with van der Waals surface area (Å²) in [4.78, 5) is 23.3. The minimum absolute atomic E-state index is 0.0897. The molecule has 1 unspecified atom stereocenters. The van der Waals surface area contributed by atoms with E-state index >= 15 is 0 Å². The van der Waals surface area contributed by atoms with Gasteiger partial charge in [0.15, 0.2) is 0 Å². The number of thiocarbonyl (C=S) groups is 1. The Hall–Kier alpha value is -2.21. The molecule has 0 aliphatic carbocycles. The number of nitrogens with one attached hydrogen (secondary N) is 1. The fourth-order valence-corrected chi connectivity index (χ4v) is 3.29. The number of amides is 1. The highest BCUT2D eigenvalue weighted by atomic mass is 32.1. The Balaban J connectivity index is 2.25. The van der Waals surface area contributed by atoms with Crippen molar-refractivity contribution in [3.8, 4) is 11.5 Å². The minimum Gasteiger partial charge on any atom is -0.497 e. The van der Waals surface area contributed by atoms with Gasteiger partial charge in [0.25, 0.3) is 0 Å². The number of hydrogen-bond acceptors (Lipinski definition) is 5. The fourth-order valence-electron chi connectivity index (χ4n) is 2.95. The average Bonchev–Trinajstić information content (AvgIpc) is 2.61. The molecule has 1 aromatic carbocycles. The van der Waals surface area contributed by atoms with Crippen LogP contribution in [0.15, 0.2) is 24.3 Å². The molecule has 0 radical (unpaired) electrons. The van der Waals surface area contributed by atoms with Gasteiger partial charge in [-0.3, -0.25) is 4.79 Å². The third-order valence-electron chi connectivity index (χ3n) is 4.31. The van der Waals surface area contributed by atoms with E-state index in [1.54, 1.807) is 26.4 Å². The van der Waals surface area contributed by atoms with Crippen molar-refractivity contribution in [1.82, 2.24) is 5.32 Å². The van der Waals surface area contributed by atoms with E-state index in [9.17, 15) is 9.59 Å². The van der Waals surface area contributed by atoms with Crippen molar-refractivity contribution in [2.45, 2.75) is 32.1 Å². The van der Waals surface area contributed by atoms with Gasteiger partial charge < -0.3 is 19.6 Å². The lowest BCUT2D eigenvalue weighted by Crippen LogP contribution is -2.34. The van der Waals surface area contributed by atoms with E-state index in [0.29, 0.717) is 29.3 Å². The van der Waals surface area contributed by atoms with Gasteiger partial charge in [0, 0.05) is 30.0 Å². The van der Waals surface area contributed by atoms with Crippen molar-refractivity contribution in [3.63, 3.8) is 0 Å². The number of carbonyl (C=O) groups is 2. The van der Waals surface area contributed by atoms with Crippen LogP contribution in [0, 0.1) is 5.92 Å². The predicted molar refractivity (Wildman–Crippen MR) is 101 cm³/mol. The second kappa shape index (κ2) is 9.32. The Morgan fingerprint density at radius 3 is 2.80 bits per heavy atom. The first-order chi connectivity index (χ1) is 12.1. The van der Waals surface area contributed by atoms with Crippen molar-refractivity contribution in [2.24, 2.45) is 5.92 Å². The summed E-state index contributed by atoms with van der Waals surface area (Å²) in [5.41, 5.74) is 1.78. The predicted octanol–water partition coefficient (Wildman–Crippen LogP) is 3.31. The number of unbranched alkanes of at least 4 members (excludes halogenated alkanes) is 1. The third-order valence-corrected chi connectivity index (χ3v) is 4.75. The van der Waals surface area contributed by atoms with Gasteiger partial charge in [-0.2, -0.15) is 0 Å². The van der Waals surface area contributed by atoms with Gasteiger partial charge in [-0.15, -0.1) is 0 Å². The number of benzene rings is 1. The lowest BCUT2D eigenvalue weighted by atomic mass is 9.90. The van der Waals surface area contributed by atoms with Gasteiger partial charge in [0.05, 0.1) is 19.2 Å². The number of aldehydes is 1. The fraction of sp³-hybridized carbons (Fsp3) is 0.421. The number of rotatable bonds is 7. The average molecular weight is 361 g/mol. The molecule has 25 heavy (non-hydrogen) atoms. The van der Waals surface area contributed by atoms with Gasteiger partial charge >= 0.3 is 0 Å². The normalized spacial score (nSPS) is 19.9. The summed E-state index contributed by atoms with van der Waals surface area (Å²) < 4.78 is 10.7. The van der Waals surface area contributed by atoms with Crippen molar-refractivity contribution in [3.05, 3.63) is 29.8 Å². The van der Waals surface area contributed by atoms with Crippen LogP contribution in [-0.4, -0.2) is 31.4 Å². The minimum atomic E-state index is -0.224. The SMILES string of the molecule is COc1ccc(/C2=C/C(=O)NC(=S)C(CCCC=O)CC2)c(OC)c1. The summed E-state index contributed by atoms with van der Waals surface area (Å²) in [6.45, 7) is 0. The zero-order valence-electron chi connectivity index (χ0n) is 14.5. The summed E-state index contributed by atoms with van der Waals surface area (Å²) in [7, 11) is 3.20. The van der Waals surface area contributed by atoms with Crippen LogP contribution in [0.4, 0.5) is 0 Å². The standard InChI is InChI=1S/C19H23NO4S/c1-23-15-8-9-16(17(12-15)24-2)14-7-6-13(5-3-4-10-21)19(25)20-18(22)11-14/h8-13H,3-7H2,1-2H3,(H,20,22,25)/b14-11+. The number of allylic oxidation sites excluding steroid dienone is 1. The number of hydrogen-bond donors (Lipinski definition) is 1. The lowest BCUT2D eigenvalue weighted by Gasteiger charge is -2.22. The molecule has 5 nitrogen and oxygen atoms in total. The van der Waals surface area contributed by atoms with Gasteiger partial charge in [-0.1, -0.05) is 12.2 Å². The third kappa shape index (κ3) is 5.13. The molecule has 1 aliphatic rings. The topological polar surface area (TPSA) is 64.6 Å². The molecule has 1 N–H and O–H groups in total. The molecule has 1 aliphatic heterocycles. The molecular weight excluding hydrogens is 338 g/mol. The quantitative estimate of drug-likeness (QED) is 0.459. The molecule has 0 saturated heterocycles. The first-order valence-corrected chi connectivity index (χ1v) is 8.71. The van der Waals surface area contributed by atoms with Crippen LogP contribution in [0.2, 0.25) is 0 Å². The molecule has 0 saturated carbocycles. The molecule has 0 spiro atoms. The monoisotopic (exact) mass is 361 g/mol. The summed E-state index contributed by atoms with van der Waals surface area (Å²) in [6.07, 6.45) is 6.11. The number of ether oxygens (including phenoxy) is 2. The second-order valence-corrected chi connectivity index (χ2v) is 6.36. The molecule has 0 fully saturated rings. The first kappa shape index (κ1) is 19.1. The van der Waals surface area contributed by atoms with Crippen LogP contribution in [0.25, 0.3) is 5.57 Å². The summed E-state index contributed by atoms with van der Waals surface area (Å²) in [5.74, 6) is 1.23. The van der Waals surface area contributed by atoms with Crippen LogP contribution in [-0.2, 0) is 9.59 Å². The van der Waals surface area contributed by atoms with E-state index in [4.69, 9.17) is 21.7 Å². The molecule has 2 rings (SSSR count). The summed E-state index contributed by atoms with van der Waals surface area (Å²) >= 11 is 5.35. The molecule has 1 aromatic rings. The van der Waals surface area contributed by atoms with E-state index < -0.39 is 0 Å². The van der Waals surface area contributed by atoms with Crippen LogP contribution in [0.3, 0.4) is 0 Å². The van der Waals surface area contributed by atoms with Gasteiger partial charge in [-0.05, 0) is 43.4 Å². The number of carbonyl (C=O) groups excluding carboxylic acids is 2. The molecule has 134 valence electrons. The first-order valence-electron chi connectivity index (χ1n) is 8.30. The number of methoxy groups -OCH3 is 2. The Labute approximate surface area is 153 Å². The van der Waals surface area contributed by atoms with E-state index in [-0.39, 0.29) is 11.8 Å². The van der Waals surface area contributed by atoms with Gasteiger partial charge in [0.2, 0.25) is 5.91 Å². The van der Waals surface area contributed by atoms with Crippen LogP contribution < -0.4 is 14.8 Å². The van der Waals surface area contributed by atoms with Crippen LogP contribution in [0.1, 0.15) is 37.7 Å². The van der Waals surface area contributed by atoms with Crippen molar-refractivity contribution < 1.29 is 19.1 Å². The Morgan fingerprint density at radius 2 is 2.12 bits per heavy atom. The summed E-state index contributed by atoms with van der Waals surface area (Å²) in [5, 5.41) is 2.78. The van der Waals surface area contributed by atoms with Crippen LogP contribution in [0.5, 0.6) is 11.5 Å². The highest BCUT2D eigenvalue weighted by Gasteiger charge is 2.21. The molecule has 6 heteroatoms. The maximum Gasteiger partial charge on any atom is 0.249 e. The molecular formula is C19H23NO4S. The largest absolute Gasteiger partial charge is 0.497 e. The maximum absolute atomic E-state index is 12.2. The zero-order chi connectivity index (χ0) is 18.2. The van der Waals surface area contributed by atoms with E-state index in [1.165, 1.54) is 0 Å². The zero-order valence-corrected chi connectivity index (χ0v) is 15.4. The van der Waals surface area contributed by atoms with E-state index in [1.807, 2.05) is 12.1 Å². The lowest BCUT2D eigenvalue weighted by molar-refractivity contribution is -0.115. The summed E-state index contributed by atoms with van der Waals surface area (Å²) in [6, 6.07) is 5.55. The van der Waals surface area contributed by atoms with Crippen molar-refractivity contribution in [1.29, 1.82) is 0 Å². The van der Waals surface area contributed by atoms with Crippen molar-refractivity contribution >= 4 is 35.0 Å². The molecule has 0 aromatic heterocycles. The van der Waals surface area contributed by atoms with Crippen molar-refractivity contribution in [2.75, 3.05) is 14.2 Å². The van der Waals surface area contributed by atoms with E-state index in [2.05, 4.69) is 5.32 Å². The molecule has 1 heterocycles. The Bertz CT molecular complexity index is 684. The Kier molecular flexibility index (Phi) is 7.13. The van der Waals surface area contributed by atoms with Gasteiger partial charge in [-0.25, -0.2) is 0 Å². The molecule has 1 amide bonds. The molecule has 1 atom stereocenters. The second-order valence-electron chi connectivity index (χ2n) is 5.92. The highest BCUT2D eigenvalue weighted by Crippen LogP contribution is 2.34. The van der Waals surface area contributed by atoms with E-state index in [0.717, 1.165) is 36.7 Å². The maximum atomic E-state index is 12.2. The smallest absolute Gasteiger partial charge is 0.249 e. The van der Waals surface area contributed by atoms with Gasteiger partial charge in [0.1, 0.15) is 17.8 Å².